The van der Waals surface area contributed by atoms with Crippen LogP contribution in [0, 0.1) is 28.6 Å². The van der Waals surface area contributed by atoms with E-state index in [0.29, 0.717) is 17.1 Å². The van der Waals surface area contributed by atoms with Crippen molar-refractivity contribution in [3.63, 3.8) is 0 Å². The first-order valence-corrected chi connectivity index (χ1v) is 12.1. The van der Waals surface area contributed by atoms with Crippen LogP contribution in [0.5, 0.6) is 0 Å². The molecule has 0 unspecified atom stereocenters. The highest BCUT2D eigenvalue weighted by molar-refractivity contribution is 8.30. The summed E-state index contributed by atoms with van der Waals surface area (Å²) >= 11 is 3.20. The van der Waals surface area contributed by atoms with Crippen LogP contribution in [0.15, 0.2) is 11.6 Å². The summed E-state index contributed by atoms with van der Waals surface area (Å²) in [6, 6.07) is 0. The second-order valence-corrected chi connectivity index (χ2v) is 12.6. The molecule has 5 heteroatoms. The van der Waals surface area contributed by atoms with Crippen molar-refractivity contribution < 1.29 is 10.0 Å². The summed E-state index contributed by atoms with van der Waals surface area (Å²) in [7, 11) is 0. The molecule has 0 radical (unpaired) electrons. The van der Waals surface area contributed by atoms with E-state index in [-0.39, 0.29) is 9.49 Å². The Morgan fingerprint density at radius 2 is 1.96 bits per heavy atom. The maximum Gasteiger partial charge on any atom is 0.139 e. The summed E-state index contributed by atoms with van der Waals surface area (Å²) in [5.41, 5.74) is 2.07. The van der Waals surface area contributed by atoms with Crippen LogP contribution in [-0.2, 0) is 4.79 Å². The van der Waals surface area contributed by atoms with Gasteiger partial charge in [-0.25, -0.2) is 0 Å². The Bertz CT molecular complexity index is 658. The Hall–Kier alpha value is 0.0300. The Balaban J connectivity index is 1.50. The second-order valence-electron chi connectivity index (χ2n) is 9.64. The van der Waals surface area contributed by atoms with E-state index in [4.69, 9.17) is 0 Å². The largest absolute Gasteiger partial charge is 0.299 e. The van der Waals surface area contributed by atoms with E-state index in [1.807, 2.05) is 0 Å². The van der Waals surface area contributed by atoms with Gasteiger partial charge in [-0.1, -0.05) is 35.8 Å². The van der Waals surface area contributed by atoms with Crippen molar-refractivity contribution in [1.82, 2.24) is 3.87 Å². The van der Waals surface area contributed by atoms with Crippen LogP contribution in [0.2, 0.25) is 0 Å². The van der Waals surface area contributed by atoms with Crippen molar-refractivity contribution in [2.75, 3.05) is 0 Å². The number of carbonyl (C=O) groups is 1. The van der Waals surface area contributed by atoms with Gasteiger partial charge in [-0.3, -0.25) is 10.0 Å². The molecule has 1 saturated heterocycles. The monoisotopic (exact) mass is 393 g/mol. The van der Waals surface area contributed by atoms with Gasteiger partial charge in [0.15, 0.2) is 0 Å². The maximum absolute atomic E-state index is 12.6. The Kier molecular flexibility index (Phi) is 4.18. The van der Waals surface area contributed by atoms with E-state index in [1.165, 1.54) is 48.8 Å². The van der Waals surface area contributed by atoms with Gasteiger partial charge in [-0.05, 0) is 98.4 Å². The van der Waals surface area contributed by atoms with E-state index in [2.05, 4.69) is 19.9 Å². The maximum atomic E-state index is 12.6. The predicted molar refractivity (Wildman–Crippen MR) is 107 cm³/mol. The molecule has 26 heavy (non-hydrogen) atoms. The normalized spacial score (nSPS) is 47.0. The molecule has 3 saturated carbocycles. The third-order valence-corrected chi connectivity index (χ3v) is 11.2. The lowest BCUT2D eigenvalue weighted by atomic mass is 9.46. The van der Waals surface area contributed by atoms with Crippen LogP contribution in [0.4, 0.5) is 0 Å². The third kappa shape index (κ3) is 2.33. The van der Waals surface area contributed by atoms with Gasteiger partial charge >= 0.3 is 0 Å². The first kappa shape index (κ1) is 18.1. The molecule has 4 aliphatic carbocycles. The molecule has 1 spiro atoms. The fourth-order valence-corrected chi connectivity index (χ4v) is 9.90. The zero-order chi connectivity index (χ0) is 18.2. The average Bonchev–Trinajstić information content (AvgIpc) is 2.89. The molecule has 1 heterocycles. The van der Waals surface area contributed by atoms with Crippen molar-refractivity contribution in [2.45, 2.75) is 82.1 Å². The summed E-state index contributed by atoms with van der Waals surface area (Å²) in [4.78, 5) is 12.6. The van der Waals surface area contributed by atoms with E-state index in [9.17, 15) is 10.0 Å². The van der Waals surface area contributed by atoms with E-state index in [0.717, 1.165) is 31.1 Å². The standard InChI is InChI=1S/C21H31NO2S2/c1-3-9-20-11-12-21(25-22(24)26-21)13-14(20)4-5-15-16-6-7-18(23)19(16,2)10-8-17(15)20/h13,15-17,24H,3-12H2,1-2H3/t15-,16-,17-,19-,20-/m0/s1. The summed E-state index contributed by atoms with van der Waals surface area (Å²) in [5.74, 6) is 2.73. The summed E-state index contributed by atoms with van der Waals surface area (Å²) in [6.07, 6.45) is 14.4. The number of allylic oxidation sites excluding steroid dienone is 1. The van der Waals surface area contributed by atoms with Crippen molar-refractivity contribution >= 4 is 29.7 Å². The van der Waals surface area contributed by atoms with Gasteiger partial charge < -0.3 is 0 Å². The molecule has 1 aliphatic heterocycles. The van der Waals surface area contributed by atoms with Crippen molar-refractivity contribution in [3.8, 4) is 0 Å². The molecule has 0 aromatic heterocycles. The summed E-state index contributed by atoms with van der Waals surface area (Å²) in [5, 5.41) is 9.67. The number of nitrogens with zero attached hydrogens (tertiary/aromatic N) is 1. The first-order valence-electron chi connectivity index (χ1n) is 10.6. The lowest BCUT2D eigenvalue weighted by Crippen LogP contribution is -2.53. The smallest absolute Gasteiger partial charge is 0.139 e. The SMILES string of the molecule is CCC[C@]12CCC3(C=C1CC[C@@H]1[C@@H]2CC[C@]2(C)C(=O)CC[C@@H]12)SN(O)S3. The molecule has 5 atom stereocenters. The molecular formula is C21H31NO2S2. The lowest BCUT2D eigenvalue weighted by molar-refractivity contribution is -0.132. The van der Waals surface area contributed by atoms with Crippen LogP contribution in [0.25, 0.3) is 0 Å². The van der Waals surface area contributed by atoms with Gasteiger partial charge in [-0.2, -0.15) is 0 Å². The highest BCUT2D eigenvalue weighted by Gasteiger charge is 2.61. The lowest BCUT2D eigenvalue weighted by Gasteiger charge is -2.60. The van der Waals surface area contributed by atoms with E-state index < -0.39 is 0 Å². The molecular weight excluding hydrogens is 362 g/mol. The highest BCUT2D eigenvalue weighted by Crippen LogP contribution is 2.70. The van der Waals surface area contributed by atoms with Crippen LogP contribution in [0.3, 0.4) is 0 Å². The number of hydrogen-bond acceptors (Lipinski definition) is 5. The Labute approximate surface area is 166 Å². The van der Waals surface area contributed by atoms with Gasteiger partial charge in [0.05, 0.1) is 0 Å². The fraction of sp³-hybridized carbons (Fsp3) is 0.857. The molecule has 5 rings (SSSR count). The topological polar surface area (TPSA) is 40.5 Å². The van der Waals surface area contributed by atoms with E-state index >= 15 is 0 Å². The van der Waals surface area contributed by atoms with Crippen molar-refractivity contribution in [2.24, 2.45) is 28.6 Å². The zero-order valence-corrected chi connectivity index (χ0v) is 17.6. The van der Waals surface area contributed by atoms with Crippen LogP contribution >= 0.6 is 23.9 Å². The Morgan fingerprint density at radius 1 is 1.15 bits per heavy atom. The summed E-state index contributed by atoms with van der Waals surface area (Å²) in [6.45, 7) is 4.63. The number of ketones is 1. The van der Waals surface area contributed by atoms with Gasteiger partial charge in [-0.15, -0.1) is 0 Å². The molecule has 5 aliphatic rings. The average molecular weight is 394 g/mol. The Morgan fingerprint density at radius 3 is 2.69 bits per heavy atom. The first-order chi connectivity index (χ1) is 12.4. The second kappa shape index (κ2) is 6.01. The van der Waals surface area contributed by atoms with Gasteiger partial charge in [0.2, 0.25) is 0 Å². The van der Waals surface area contributed by atoms with Crippen LogP contribution < -0.4 is 0 Å². The molecule has 0 amide bonds. The number of hydrogen-bond donors (Lipinski definition) is 1. The van der Waals surface area contributed by atoms with Gasteiger partial charge in [0.25, 0.3) is 0 Å². The molecule has 144 valence electrons. The molecule has 1 N–H and O–H groups in total. The fourth-order valence-electron chi connectivity index (χ4n) is 7.59. The number of carbonyl (C=O) groups excluding carboxylic acids is 1. The van der Waals surface area contributed by atoms with Crippen LogP contribution in [-0.4, -0.2) is 18.9 Å². The number of fused-ring (bicyclic) bond motifs is 5. The highest BCUT2D eigenvalue weighted by atomic mass is 32.3. The number of rotatable bonds is 2. The van der Waals surface area contributed by atoms with E-state index in [1.54, 1.807) is 29.5 Å². The van der Waals surface area contributed by atoms with Gasteiger partial charge in [0, 0.05) is 11.8 Å². The predicted octanol–water partition coefficient (Wildman–Crippen LogP) is 6.00. The third-order valence-electron chi connectivity index (χ3n) is 8.72. The molecule has 4 fully saturated rings. The zero-order valence-electron chi connectivity index (χ0n) is 16.0. The minimum absolute atomic E-state index is 0.0112. The van der Waals surface area contributed by atoms with Gasteiger partial charge in [0.1, 0.15) is 9.86 Å². The molecule has 0 aromatic rings. The molecule has 0 aromatic carbocycles. The number of Topliss-reactive ketones (excluding diaryl/α,β-unsaturated/α-hetero) is 1. The molecule has 0 bridgehead atoms. The van der Waals surface area contributed by atoms with Crippen molar-refractivity contribution in [3.05, 3.63) is 11.6 Å². The summed E-state index contributed by atoms with van der Waals surface area (Å²) < 4.78 is 1.42. The van der Waals surface area contributed by atoms with Crippen LogP contribution in [0.1, 0.15) is 78.1 Å². The minimum atomic E-state index is -0.0112. The van der Waals surface area contributed by atoms with Crippen molar-refractivity contribution in [1.29, 1.82) is 0 Å². The quantitative estimate of drug-likeness (QED) is 0.460. The minimum Gasteiger partial charge on any atom is -0.299 e. The molecule has 3 nitrogen and oxygen atoms in total.